The number of quaternary nitrogens is 1. The van der Waals surface area contributed by atoms with E-state index in [2.05, 4.69) is 33.8 Å². The van der Waals surface area contributed by atoms with Crippen LogP contribution in [0, 0.1) is 6.92 Å². The second kappa shape index (κ2) is 8.54. The maximum Gasteiger partial charge on any atom is 0.137 e. The Bertz CT molecular complexity index is 329. The average molecular weight is 316 g/mol. The zero-order valence-electron chi connectivity index (χ0n) is 12.1. The number of aryl methyl sites for hydroxylation is 1. The van der Waals surface area contributed by atoms with Crippen LogP contribution in [-0.2, 0) is 0 Å². The Morgan fingerprint density at radius 2 is 1.56 bits per heavy atom. The number of benzene rings is 1. The first-order valence-electron chi connectivity index (χ1n) is 6.71. The fourth-order valence-corrected chi connectivity index (χ4v) is 2.21. The minimum atomic E-state index is 0. The quantitative estimate of drug-likeness (QED) is 0.656. The normalized spacial score (nSPS) is 10.9. The minimum Gasteiger partial charge on any atom is -1.00 e. The van der Waals surface area contributed by atoms with Crippen LogP contribution in [0.25, 0.3) is 0 Å². The second-order valence-corrected chi connectivity index (χ2v) is 4.63. The van der Waals surface area contributed by atoms with Crippen molar-refractivity contribution in [1.82, 2.24) is 0 Å². The van der Waals surface area contributed by atoms with Gasteiger partial charge in [0, 0.05) is 0 Å². The van der Waals surface area contributed by atoms with Gasteiger partial charge in [-0.05, 0) is 39.3 Å². The third-order valence-corrected chi connectivity index (χ3v) is 3.93. The average Bonchev–Trinajstić information content (AvgIpc) is 2.37. The van der Waals surface area contributed by atoms with E-state index >= 15 is 0 Å². The van der Waals surface area contributed by atoms with E-state index in [1.165, 1.54) is 25.2 Å². The van der Waals surface area contributed by atoms with Crippen LogP contribution < -0.4 is 21.7 Å². The molecule has 1 aromatic rings. The van der Waals surface area contributed by atoms with Crippen molar-refractivity contribution in [2.45, 2.75) is 27.7 Å². The van der Waals surface area contributed by atoms with Gasteiger partial charge >= 0.3 is 0 Å². The molecule has 2 nitrogen and oxygen atoms in total. The number of para-hydroxylation sites is 1. The van der Waals surface area contributed by atoms with E-state index in [9.17, 15) is 0 Å². The zero-order valence-corrected chi connectivity index (χ0v) is 13.7. The molecule has 104 valence electrons. The van der Waals surface area contributed by atoms with Crippen molar-refractivity contribution < 1.29 is 26.2 Å². The van der Waals surface area contributed by atoms with Crippen LogP contribution in [0.15, 0.2) is 24.3 Å². The summed E-state index contributed by atoms with van der Waals surface area (Å²) in [6, 6.07) is 8.22. The molecule has 0 radical (unpaired) electrons. The maximum atomic E-state index is 5.88. The Balaban J connectivity index is 0.00000289. The lowest BCUT2D eigenvalue weighted by Crippen LogP contribution is -3.00. The van der Waals surface area contributed by atoms with E-state index in [4.69, 9.17) is 4.74 Å². The summed E-state index contributed by atoms with van der Waals surface area (Å²) in [5.41, 5.74) is 1.22. The highest BCUT2D eigenvalue weighted by Crippen LogP contribution is 2.16. The molecule has 0 N–H and O–H groups in total. The summed E-state index contributed by atoms with van der Waals surface area (Å²) >= 11 is 0. The topological polar surface area (TPSA) is 9.23 Å². The summed E-state index contributed by atoms with van der Waals surface area (Å²) in [6.45, 7) is 14.3. The van der Waals surface area contributed by atoms with E-state index in [-0.39, 0.29) is 17.0 Å². The summed E-state index contributed by atoms with van der Waals surface area (Å²) in [5.74, 6) is 1.02. The first kappa shape index (κ1) is 17.5. The lowest BCUT2D eigenvalue weighted by molar-refractivity contribution is -0.923. The number of hydrogen-bond donors (Lipinski definition) is 0. The predicted molar refractivity (Wildman–Crippen MR) is 73.4 cm³/mol. The summed E-state index contributed by atoms with van der Waals surface area (Å²) in [4.78, 5) is 0. The van der Waals surface area contributed by atoms with Gasteiger partial charge < -0.3 is 26.2 Å². The molecule has 0 aliphatic heterocycles. The first-order valence-corrected chi connectivity index (χ1v) is 6.71. The maximum absolute atomic E-state index is 5.88. The van der Waals surface area contributed by atoms with Crippen LogP contribution in [0.4, 0.5) is 0 Å². The van der Waals surface area contributed by atoms with Gasteiger partial charge in [-0.15, -0.1) is 0 Å². The molecule has 0 aliphatic rings. The fraction of sp³-hybridized carbons (Fsp3) is 0.600. The Morgan fingerprint density at radius 1 is 1.00 bits per heavy atom. The van der Waals surface area contributed by atoms with Crippen LogP contribution in [0.1, 0.15) is 26.3 Å². The monoisotopic (exact) mass is 315 g/mol. The molecule has 0 atom stereocenters. The fourth-order valence-electron chi connectivity index (χ4n) is 2.21. The number of likely N-dealkylation sites (N-methyl/N-ethyl adjacent to an activating group) is 1. The molecule has 3 heteroatoms. The van der Waals surface area contributed by atoms with Crippen molar-refractivity contribution >= 4 is 0 Å². The van der Waals surface area contributed by atoms with E-state index in [0.29, 0.717) is 0 Å². The molecule has 0 heterocycles. The summed E-state index contributed by atoms with van der Waals surface area (Å²) in [5, 5.41) is 0. The molecule has 0 saturated heterocycles. The summed E-state index contributed by atoms with van der Waals surface area (Å²) < 4.78 is 7.03. The predicted octanol–water partition coefficient (Wildman–Crippen LogP) is 0.254. The second-order valence-electron chi connectivity index (χ2n) is 4.63. The number of hydrogen-bond acceptors (Lipinski definition) is 1. The lowest BCUT2D eigenvalue weighted by Gasteiger charge is -2.35. The van der Waals surface area contributed by atoms with Crippen LogP contribution in [0.3, 0.4) is 0 Å². The highest BCUT2D eigenvalue weighted by molar-refractivity contribution is 5.31. The van der Waals surface area contributed by atoms with Crippen molar-refractivity contribution in [1.29, 1.82) is 0 Å². The Labute approximate surface area is 122 Å². The standard InChI is InChI=1S/C15H26NO.BrH/c1-5-16(6-2,7-3)12-13-17-15-11-9-8-10-14(15)4;/h8-11H,5-7,12-13H2,1-4H3;1H/q+1;/p-1. The highest BCUT2D eigenvalue weighted by Gasteiger charge is 2.20. The Hall–Kier alpha value is -0.540. The third-order valence-electron chi connectivity index (χ3n) is 3.93. The molecule has 0 unspecified atom stereocenters. The van der Waals surface area contributed by atoms with Gasteiger partial charge in [-0.2, -0.15) is 0 Å². The van der Waals surface area contributed by atoms with Crippen molar-refractivity contribution in [2.75, 3.05) is 32.8 Å². The van der Waals surface area contributed by atoms with Crippen molar-refractivity contribution in [3.63, 3.8) is 0 Å². The van der Waals surface area contributed by atoms with Crippen molar-refractivity contribution in [2.24, 2.45) is 0 Å². The minimum absolute atomic E-state index is 0. The van der Waals surface area contributed by atoms with Gasteiger partial charge in [-0.3, -0.25) is 0 Å². The summed E-state index contributed by atoms with van der Waals surface area (Å²) in [7, 11) is 0. The van der Waals surface area contributed by atoms with Gasteiger partial charge in [0.15, 0.2) is 0 Å². The number of rotatable bonds is 7. The smallest absolute Gasteiger partial charge is 0.137 e. The molecular formula is C15H26BrNO. The molecular weight excluding hydrogens is 290 g/mol. The Morgan fingerprint density at radius 3 is 2.06 bits per heavy atom. The molecule has 0 amide bonds. The molecule has 0 saturated carbocycles. The van der Waals surface area contributed by atoms with E-state index < -0.39 is 0 Å². The number of halogens is 1. The van der Waals surface area contributed by atoms with E-state index in [1.54, 1.807) is 0 Å². The van der Waals surface area contributed by atoms with Crippen molar-refractivity contribution in [3.05, 3.63) is 29.8 Å². The van der Waals surface area contributed by atoms with E-state index in [0.717, 1.165) is 23.4 Å². The van der Waals surface area contributed by atoms with Gasteiger partial charge in [-0.1, -0.05) is 18.2 Å². The molecule has 1 aromatic carbocycles. The van der Waals surface area contributed by atoms with Crippen molar-refractivity contribution in [3.8, 4) is 5.75 Å². The molecule has 0 bridgehead atoms. The molecule has 1 rings (SSSR count). The highest BCUT2D eigenvalue weighted by atomic mass is 79.9. The number of nitrogens with zero attached hydrogens (tertiary/aromatic N) is 1. The largest absolute Gasteiger partial charge is 1.00 e. The van der Waals surface area contributed by atoms with Crippen LogP contribution in [-0.4, -0.2) is 37.3 Å². The summed E-state index contributed by atoms with van der Waals surface area (Å²) in [6.07, 6.45) is 0. The first-order chi connectivity index (χ1) is 8.17. The zero-order chi connectivity index (χ0) is 12.7. The number of ether oxygens (including phenoxy) is 1. The van der Waals surface area contributed by atoms with Crippen LogP contribution in [0.5, 0.6) is 5.75 Å². The van der Waals surface area contributed by atoms with Crippen LogP contribution in [0.2, 0.25) is 0 Å². The molecule has 18 heavy (non-hydrogen) atoms. The third kappa shape index (κ3) is 4.62. The van der Waals surface area contributed by atoms with Crippen LogP contribution >= 0.6 is 0 Å². The Kier molecular flexibility index (Phi) is 8.29. The lowest BCUT2D eigenvalue weighted by atomic mass is 10.2. The van der Waals surface area contributed by atoms with E-state index in [1.807, 2.05) is 18.2 Å². The van der Waals surface area contributed by atoms with Gasteiger partial charge in [0.25, 0.3) is 0 Å². The molecule has 0 spiro atoms. The molecule has 0 aromatic heterocycles. The molecule has 0 aliphatic carbocycles. The van der Waals surface area contributed by atoms with Gasteiger partial charge in [0.2, 0.25) is 0 Å². The SMILES string of the molecule is CC[N+](CC)(CC)CCOc1ccccc1C.[Br-]. The van der Waals surface area contributed by atoms with Gasteiger partial charge in [0.05, 0.1) is 19.6 Å². The molecule has 0 fully saturated rings. The van der Waals surface area contributed by atoms with Gasteiger partial charge in [-0.25, -0.2) is 0 Å². The van der Waals surface area contributed by atoms with Gasteiger partial charge in [0.1, 0.15) is 18.9 Å².